The number of hydrogen-bond donors (Lipinski definition) is 1. The van der Waals surface area contributed by atoms with Crippen LogP contribution in [-0.4, -0.2) is 26.5 Å². The predicted molar refractivity (Wildman–Crippen MR) is 110 cm³/mol. The summed E-state index contributed by atoms with van der Waals surface area (Å²) < 4.78 is 6.82. The lowest BCUT2D eigenvalue weighted by Crippen LogP contribution is -2.27. The van der Waals surface area contributed by atoms with Gasteiger partial charge in [0.15, 0.2) is 5.16 Å². The summed E-state index contributed by atoms with van der Waals surface area (Å²) in [5.74, 6) is 0.723. The SMILES string of the molecule is C[C@@H]1Cc2nc(SCC(=O)NCc3ccco3)n(-c3ccccc3)c(=O)c2S1. The monoisotopic (exact) mass is 413 g/mol. The molecule has 1 aliphatic rings. The first-order chi connectivity index (χ1) is 13.6. The van der Waals surface area contributed by atoms with Crippen molar-refractivity contribution in [3.8, 4) is 5.69 Å². The van der Waals surface area contributed by atoms with Crippen molar-refractivity contribution in [2.75, 3.05) is 5.75 Å². The second-order valence-electron chi connectivity index (χ2n) is 6.42. The Hall–Kier alpha value is -2.45. The second kappa shape index (κ2) is 8.28. The van der Waals surface area contributed by atoms with E-state index >= 15 is 0 Å². The van der Waals surface area contributed by atoms with E-state index in [2.05, 4.69) is 12.2 Å². The molecular weight excluding hydrogens is 394 g/mol. The number of aromatic nitrogens is 2. The molecule has 3 heterocycles. The molecule has 1 aromatic carbocycles. The van der Waals surface area contributed by atoms with Gasteiger partial charge in [-0.2, -0.15) is 0 Å². The zero-order chi connectivity index (χ0) is 19.5. The normalized spacial score (nSPS) is 15.4. The van der Waals surface area contributed by atoms with E-state index in [1.165, 1.54) is 11.8 Å². The third kappa shape index (κ3) is 4.02. The van der Waals surface area contributed by atoms with Gasteiger partial charge in [-0.3, -0.25) is 14.2 Å². The number of nitrogens with one attached hydrogen (secondary N) is 1. The van der Waals surface area contributed by atoms with Crippen molar-refractivity contribution in [2.24, 2.45) is 0 Å². The molecule has 0 spiro atoms. The van der Waals surface area contributed by atoms with Crippen molar-refractivity contribution >= 4 is 29.4 Å². The van der Waals surface area contributed by atoms with Crippen molar-refractivity contribution in [1.29, 1.82) is 0 Å². The minimum atomic E-state index is -0.140. The maximum Gasteiger partial charge on any atom is 0.272 e. The van der Waals surface area contributed by atoms with Gasteiger partial charge in [-0.15, -0.1) is 11.8 Å². The van der Waals surface area contributed by atoms with E-state index < -0.39 is 0 Å². The molecule has 0 saturated heterocycles. The average Bonchev–Trinajstić information content (AvgIpc) is 3.34. The minimum Gasteiger partial charge on any atom is -0.467 e. The Morgan fingerprint density at radius 2 is 2.14 bits per heavy atom. The van der Waals surface area contributed by atoms with Crippen LogP contribution < -0.4 is 10.9 Å². The first-order valence-electron chi connectivity index (χ1n) is 8.91. The zero-order valence-electron chi connectivity index (χ0n) is 15.3. The zero-order valence-corrected chi connectivity index (χ0v) is 16.9. The molecule has 1 amide bonds. The van der Waals surface area contributed by atoms with Crippen molar-refractivity contribution in [1.82, 2.24) is 14.9 Å². The van der Waals surface area contributed by atoms with Crippen LogP contribution in [0.25, 0.3) is 5.69 Å². The smallest absolute Gasteiger partial charge is 0.272 e. The first-order valence-corrected chi connectivity index (χ1v) is 10.8. The summed E-state index contributed by atoms with van der Waals surface area (Å²) in [6, 6.07) is 13.0. The molecule has 4 rings (SSSR count). The molecule has 0 aliphatic carbocycles. The van der Waals surface area contributed by atoms with E-state index in [1.54, 1.807) is 34.7 Å². The molecule has 2 aromatic heterocycles. The number of amides is 1. The summed E-state index contributed by atoms with van der Waals surface area (Å²) in [6.07, 6.45) is 2.34. The van der Waals surface area contributed by atoms with Crippen molar-refractivity contribution in [3.05, 3.63) is 70.5 Å². The number of rotatable bonds is 6. The van der Waals surface area contributed by atoms with Crippen LogP contribution in [0.3, 0.4) is 0 Å². The number of carbonyl (C=O) groups is 1. The molecule has 0 bridgehead atoms. The van der Waals surface area contributed by atoms with E-state index in [1.807, 2.05) is 30.3 Å². The molecule has 28 heavy (non-hydrogen) atoms. The molecule has 0 radical (unpaired) electrons. The summed E-state index contributed by atoms with van der Waals surface area (Å²) in [6.45, 7) is 2.43. The van der Waals surface area contributed by atoms with Gasteiger partial charge in [0, 0.05) is 11.7 Å². The average molecular weight is 414 g/mol. The highest BCUT2D eigenvalue weighted by Gasteiger charge is 2.27. The van der Waals surface area contributed by atoms with Gasteiger partial charge in [0.25, 0.3) is 5.56 Å². The van der Waals surface area contributed by atoms with Gasteiger partial charge in [0.2, 0.25) is 5.91 Å². The van der Waals surface area contributed by atoms with Crippen LogP contribution in [0.4, 0.5) is 0 Å². The van der Waals surface area contributed by atoms with Crippen LogP contribution in [0.2, 0.25) is 0 Å². The van der Waals surface area contributed by atoms with Gasteiger partial charge in [-0.25, -0.2) is 4.98 Å². The fraction of sp³-hybridized carbons (Fsp3) is 0.250. The molecule has 0 saturated carbocycles. The number of fused-ring (bicyclic) bond motifs is 1. The Morgan fingerprint density at radius 1 is 1.32 bits per heavy atom. The second-order valence-corrected chi connectivity index (χ2v) is 8.81. The largest absolute Gasteiger partial charge is 0.467 e. The fourth-order valence-electron chi connectivity index (χ4n) is 2.98. The lowest BCUT2D eigenvalue weighted by molar-refractivity contribution is -0.118. The molecule has 1 N–H and O–H groups in total. The molecule has 0 fully saturated rings. The van der Waals surface area contributed by atoms with E-state index in [0.29, 0.717) is 27.6 Å². The number of hydrogen-bond acceptors (Lipinski definition) is 6. The van der Waals surface area contributed by atoms with E-state index in [4.69, 9.17) is 9.40 Å². The van der Waals surface area contributed by atoms with Crippen LogP contribution >= 0.6 is 23.5 Å². The van der Waals surface area contributed by atoms with Crippen LogP contribution in [0.5, 0.6) is 0 Å². The maximum atomic E-state index is 13.1. The van der Waals surface area contributed by atoms with Crippen molar-refractivity contribution in [3.63, 3.8) is 0 Å². The summed E-state index contributed by atoms with van der Waals surface area (Å²) in [5, 5.41) is 3.69. The highest BCUT2D eigenvalue weighted by molar-refractivity contribution is 8.00. The minimum absolute atomic E-state index is 0.0657. The third-order valence-electron chi connectivity index (χ3n) is 4.27. The molecule has 3 aromatic rings. The number of furan rings is 1. The summed E-state index contributed by atoms with van der Waals surface area (Å²) in [7, 11) is 0. The van der Waals surface area contributed by atoms with Crippen LogP contribution in [0.1, 0.15) is 18.4 Å². The van der Waals surface area contributed by atoms with E-state index in [0.717, 1.165) is 17.8 Å². The Kier molecular flexibility index (Phi) is 5.59. The lowest BCUT2D eigenvalue weighted by atomic mass is 10.2. The van der Waals surface area contributed by atoms with Crippen LogP contribution in [-0.2, 0) is 17.8 Å². The number of carbonyl (C=O) groups excluding carboxylic acids is 1. The standard InChI is InChI=1S/C20H19N3O3S2/c1-13-10-16-18(28-13)19(25)23(14-6-3-2-4-7-14)20(22-16)27-12-17(24)21-11-15-8-5-9-26-15/h2-9,13H,10-12H2,1H3,(H,21,24)/t13-/m1/s1. The number of nitrogens with zero attached hydrogens (tertiary/aromatic N) is 2. The number of para-hydroxylation sites is 1. The highest BCUT2D eigenvalue weighted by Crippen LogP contribution is 2.34. The van der Waals surface area contributed by atoms with Gasteiger partial charge in [-0.1, -0.05) is 36.9 Å². The predicted octanol–water partition coefficient (Wildman–Crippen LogP) is 3.27. The van der Waals surface area contributed by atoms with Gasteiger partial charge in [0.1, 0.15) is 5.76 Å². The number of thioether (sulfide) groups is 2. The van der Waals surface area contributed by atoms with Gasteiger partial charge < -0.3 is 9.73 Å². The quantitative estimate of drug-likeness (QED) is 0.494. The van der Waals surface area contributed by atoms with Crippen LogP contribution in [0, 0.1) is 0 Å². The maximum absolute atomic E-state index is 13.1. The topological polar surface area (TPSA) is 77.1 Å². The molecule has 144 valence electrons. The third-order valence-corrected chi connectivity index (χ3v) is 6.42. The van der Waals surface area contributed by atoms with Crippen LogP contribution in [0.15, 0.2) is 68.0 Å². The Bertz CT molecular complexity index is 1030. The number of benzene rings is 1. The first kappa shape index (κ1) is 18.9. The lowest BCUT2D eigenvalue weighted by Gasteiger charge is -2.13. The van der Waals surface area contributed by atoms with Crippen molar-refractivity contribution < 1.29 is 9.21 Å². The van der Waals surface area contributed by atoms with Gasteiger partial charge >= 0.3 is 0 Å². The highest BCUT2D eigenvalue weighted by atomic mass is 32.2. The summed E-state index contributed by atoms with van der Waals surface area (Å²) in [4.78, 5) is 30.8. The Labute approximate surface area is 170 Å². The Balaban J connectivity index is 1.57. The Morgan fingerprint density at radius 3 is 2.89 bits per heavy atom. The molecule has 0 unspecified atom stereocenters. The molecule has 8 heteroatoms. The molecular formula is C20H19N3O3S2. The molecule has 1 aliphatic heterocycles. The van der Waals surface area contributed by atoms with Gasteiger partial charge in [0.05, 0.1) is 34.8 Å². The van der Waals surface area contributed by atoms with Crippen molar-refractivity contribution in [2.45, 2.75) is 35.2 Å². The summed E-state index contributed by atoms with van der Waals surface area (Å²) in [5.41, 5.74) is 1.51. The van der Waals surface area contributed by atoms with E-state index in [9.17, 15) is 9.59 Å². The van der Waals surface area contributed by atoms with Gasteiger partial charge in [-0.05, 0) is 24.3 Å². The summed E-state index contributed by atoms with van der Waals surface area (Å²) >= 11 is 2.84. The fourth-order valence-corrected chi connectivity index (χ4v) is 4.94. The molecule has 6 nitrogen and oxygen atoms in total. The molecule has 1 atom stereocenters. The van der Waals surface area contributed by atoms with E-state index in [-0.39, 0.29) is 17.2 Å².